The average molecular weight is 492 g/mol. The van der Waals surface area contributed by atoms with Crippen molar-refractivity contribution in [3.63, 3.8) is 0 Å². The summed E-state index contributed by atoms with van der Waals surface area (Å²) in [5.74, 6) is 1.58. The van der Waals surface area contributed by atoms with Gasteiger partial charge in [-0.3, -0.25) is 4.90 Å². The summed E-state index contributed by atoms with van der Waals surface area (Å²) >= 11 is 0. The van der Waals surface area contributed by atoms with Gasteiger partial charge in [0.1, 0.15) is 18.4 Å². The van der Waals surface area contributed by atoms with Crippen LogP contribution < -0.4 is 19.5 Å². The van der Waals surface area contributed by atoms with Crippen molar-refractivity contribution in [2.75, 3.05) is 20.0 Å². The highest BCUT2D eigenvalue weighted by Crippen LogP contribution is 2.56. The van der Waals surface area contributed by atoms with E-state index in [1.54, 1.807) is 13.0 Å². The third kappa shape index (κ3) is 2.98. The van der Waals surface area contributed by atoms with Crippen molar-refractivity contribution in [2.24, 2.45) is 0 Å². The van der Waals surface area contributed by atoms with Crippen LogP contribution in [0.2, 0.25) is 0 Å². The fourth-order valence-electron chi connectivity index (χ4n) is 6.68. The number of rotatable bonds is 4. The highest BCUT2D eigenvalue weighted by atomic mass is 16.7. The van der Waals surface area contributed by atoms with Crippen molar-refractivity contribution in [3.8, 4) is 34.8 Å². The lowest BCUT2D eigenvalue weighted by Gasteiger charge is -2.56. The number of hydrogen-bond acceptors (Lipinski definition) is 9. The van der Waals surface area contributed by atoms with Gasteiger partial charge >= 0.3 is 0 Å². The first-order chi connectivity index (χ1) is 17.4. The molecule has 0 saturated carbocycles. The highest BCUT2D eigenvalue weighted by Gasteiger charge is 2.54. The molecule has 9 heteroatoms. The van der Waals surface area contributed by atoms with Gasteiger partial charge in [0.25, 0.3) is 0 Å². The zero-order valence-corrected chi connectivity index (χ0v) is 20.2. The van der Waals surface area contributed by atoms with E-state index in [2.05, 4.69) is 22.9 Å². The van der Waals surface area contributed by atoms with Gasteiger partial charge in [-0.15, -0.1) is 0 Å². The van der Waals surface area contributed by atoms with Gasteiger partial charge in [-0.05, 0) is 37.8 Å². The Kier molecular flexibility index (Phi) is 5.30. The molecule has 4 heterocycles. The first-order valence-electron chi connectivity index (χ1n) is 12.2. The summed E-state index contributed by atoms with van der Waals surface area (Å²) in [5, 5.41) is 46.2. The third-order valence-electron chi connectivity index (χ3n) is 8.10. The predicted molar refractivity (Wildman–Crippen MR) is 129 cm³/mol. The maximum atomic E-state index is 11.0. The smallest absolute Gasteiger partial charge is 0.231 e. The molecule has 4 aliphatic heterocycles. The van der Waals surface area contributed by atoms with Crippen molar-refractivity contribution in [2.45, 2.75) is 56.9 Å². The van der Waals surface area contributed by atoms with E-state index in [0.717, 1.165) is 22.3 Å². The van der Waals surface area contributed by atoms with E-state index in [1.165, 1.54) is 0 Å². The quantitative estimate of drug-likeness (QED) is 0.377. The number of benzene rings is 2. The number of piperazine rings is 1. The fourth-order valence-corrected chi connectivity index (χ4v) is 6.68. The Balaban J connectivity index is 1.58. The summed E-state index contributed by atoms with van der Waals surface area (Å²) in [6, 6.07) is 2.43. The Morgan fingerprint density at radius 3 is 2.72 bits per heavy atom. The Labute approximate surface area is 209 Å². The molecule has 36 heavy (non-hydrogen) atoms. The van der Waals surface area contributed by atoms with Gasteiger partial charge in [0.05, 0.1) is 24.8 Å². The number of nitriles is 1. The number of aliphatic hydroxyl groups excluding tert-OH is 1. The van der Waals surface area contributed by atoms with Crippen molar-refractivity contribution < 1.29 is 29.5 Å². The molecule has 0 radical (unpaired) electrons. The lowest BCUT2D eigenvalue weighted by molar-refractivity contribution is -0.0205. The third-order valence-corrected chi connectivity index (χ3v) is 8.10. The summed E-state index contributed by atoms with van der Waals surface area (Å²) in [5.41, 5.74) is 4.65. The second-order valence-corrected chi connectivity index (χ2v) is 9.92. The zero-order chi connectivity index (χ0) is 25.3. The number of aliphatic hydroxyl groups is 1. The molecule has 0 spiro atoms. The van der Waals surface area contributed by atoms with Crippen molar-refractivity contribution >= 4 is 0 Å². The number of nitrogens with zero attached hydrogens (tertiary/aromatic N) is 2. The number of nitrogens with one attached hydrogen (secondary N) is 1. The Morgan fingerprint density at radius 1 is 1.22 bits per heavy atom. The summed E-state index contributed by atoms with van der Waals surface area (Å²) in [7, 11) is 0. The Hall–Kier alpha value is -3.45. The van der Waals surface area contributed by atoms with Crippen LogP contribution in [0.15, 0.2) is 18.7 Å². The molecule has 0 aromatic heterocycles. The fraction of sp³-hybridized carbons (Fsp3) is 0.444. The predicted octanol–water partition coefficient (Wildman–Crippen LogP) is 2.43. The normalized spacial score (nSPS) is 27.4. The molecular formula is C27H29N3O6. The highest BCUT2D eigenvalue weighted by molar-refractivity contribution is 5.66. The molecule has 2 bridgehead atoms. The van der Waals surface area contributed by atoms with E-state index in [9.17, 15) is 20.6 Å². The van der Waals surface area contributed by atoms with E-state index in [0.29, 0.717) is 47.8 Å². The van der Waals surface area contributed by atoms with Crippen molar-refractivity contribution in [1.82, 2.24) is 10.2 Å². The summed E-state index contributed by atoms with van der Waals surface area (Å²) in [6.07, 6.45) is 2.67. The first kappa shape index (κ1) is 23.0. The van der Waals surface area contributed by atoms with Gasteiger partial charge in [-0.2, -0.15) is 5.26 Å². The monoisotopic (exact) mass is 491 g/mol. The van der Waals surface area contributed by atoms with Crippen LogP contribution in [0, 0.1) is 25.2 Å². The lowest BCUT2D eigenvalue weighted by atomic mass is 9.73. The Morgan fingerprint density at radius 2 is 2.00 bits per heavy atom. The molecule has 188 valence electrons. The van der Waals surface area contributed by atoms with Gasteiger partial charge in [-0.1, -0.05) is 18.7 Å². The second-order valence-electron chi connectivity index (χ2n) is 9.92. The lowest BCUT2D eigenvalue weighted by Crippen LogP contribution is -2.68. The molecule has 1 fully saturated rings. The molecule has 0 aliphatic carbocycles. The minimum atomic E-state index is -0.541. The summed E-state index contributed by atoms with van der Waals surface area (Å²) in [4.78, 5) is 2.06. The number of ether oxygens (including phenoxy) is 3. The number of phenolic OH excluding ortho intramolecular Hbond substituents is 2. The molecule has 6 rings (SSSR count). The maximum Gasteiger partial charge on any atom is 0.231 e. The largest absolute Gasteiger partial charge is 0.504 e. The zero-order valence-electron chi connectivity index (χ0n) is 20.2. The second kappa shape index (κ2) is 8.30. The van der Waals surface area contributed by atoms with Gasteiger partial charge < -0.3 is 34.8 Å². The molecule has 1 unspecified atom stereocenters. The molecule has 1 saturated heterocycles. The van der Waals surface area contributed by atoms with Gasteiger partial charge in [0, 0.05) is 34.3 Å². The van der Waals surface area contributed by atoms with Crippen LogP contribution in [0.5, 0.6) is 28.7 Å². The minimum Gasteiger partial charge on any atom is -0.504 e. The van der Waals surface area contributed by atoms with E-state index < -0.39 is 12.1 Å². The van der Waals surface area contributed by atoms with Crippen LogP contribution in [0.25, 0.3) is 0 Å². The van der Waals surface area contributed by atoms with Crippen LogP contribution in [-0.4, -0.2) is 58.4 Å². The van der Waals surface area contributed by atoms with E-state index in [-0.39, 0.29) is 43.0 Å². The molecule has 0 amide bonds. The van der Waals surface area contributed by atoms with E-state index in [1.807, 2.05) is 13.0 Å². The van der Waals surface area contributed by atoms with Crippen molar-refractivity contribution in [1.29, 1.82) is 5.26 Å². The molecule has 2 aromatic rings. The standard InChI is InChI=1S/C27H29N3O6/c1-4-5-34-25-13(3)26-27(36-11-35-26)21-15(25)8-17-22-20-14(6-12(2)23(32)24(20)33)7-16(29-22)18(9-28)30(17)19(21)10-31/h4,6,16-19,22,29,31-33H,1,5,7-8,10-11H2,2-3H3/t16-,17?,18-,19-,22-/m0/s1. The van der Waals surface area contributed by atoms with E-state index >= 15 is 0 Å². The number of fused-ring (bicyclic) bond motifs is 9. The Bertz CT molecular complexity index is 1320. The minimum absolute atomic E-state index is 0.0729. The van der Waals surface area contributed by atoms with Crippen LogP contribution in [0.3, 0.4) is 0 Å². The molecule has 9 nitrogen and oxygen atoms in total. The molecule has 4 N–H and O–H groups in total. The number of aryl methyl sites for hydroxylation is 1. The van der Waals surface area contributed by atoms with Crippen LogP contribution >= 0.6 is 0 Å². The van der Waals surface area contributed by atoms with Crippen LogP contribution in [0.4, 0.5) is 0 Å². The average Bonchev–Trinajstić information content (AvgIpc) is 3.37. The van der Waals surface area contributed by atoms with Crippen LogP contribution in [0.1, 0.15) is 45.5 Å². The molecule has 4 aliphatic rings. The van der Waals surface area contributed by atoms with Gasteiger partial charge in [0.2, 0.25) is 6.79 Å². The van der Waals surface area contributed by atoms with Gasteiger partial charge in [-0.25, -0.2) is 0 Å². The molecule has 2 aromatic carbocycles. The molecule has 5 atom stereocenters. The molecular weight excluding hydrogens is 462 g/mol. The SMILES string of the molecule is C=CCOc1c(C)c2c(c3c1CC1[C@@H]4N[C@@H](Cc5cc(C)c(O)c(O)c54)[C@H](C#N)N1[C@H]3CO)OCO2. The number of aromatic hydroxyl groups is 2. The number of phenols is 2. The van der Waals surface area contributed by atoms with Gasteiger partial charge in [0.15, 0.2) is 23.0 Å². The van der Waals surface area contributed by atoms with E-state index in [4.69, 9.17) is 14.2 Å². The van der Waals surface area contributed by atoms with Crippen LogP contribution in [-0.2, 0) is 12.8 Å². The van der Waals surface area contributed by atoms with Crippen molar-refractivity contribution in [3.05, 3.63) is 52.1 Å². The summed E-state index contributed by atoms with van der Waals surface area (Å²) in [6.45, 7) is 7.58. The topological polar surface area (TPSA) is 127 Å². The first-order valence-corrected chi connectivity index (χ1v) is 12.2. The summed E-state index contributed by atoms with van der Waals surface area (Å²) < 4.78 is 17.8. The number of hydrogen-bond donors (Lipinski definition) is 4. The maximum absolute atomic E-state index is 11.0.